The molecule has 0 saturated heterocycles. The number of aromatic nitrogens is 1. The minimum Gasteiger partial charge on any atom is -0.322 e. The van der Waals surface area contributed by atoms with Crippen LogP contribution in [0.1, 0.15) is 15.9 Å². The highest BCUT2D eigenvalue weighted by Crippen LogP contribution is 2.22. The Hall–Kier alpha value is -3.87. The van der Waals surface area contributed by atoms with Gasteiger partial charge in [-0.15, -0.1) is 0 Å². The van der Waals surface area contributed by atoms with Crippen molar-refractivity contribution in [1.29, 1.82) is 0 Å². The van der Waals surface area contributed by atoms with Crippen LogP contribution >= 0.6 is 0 Å². The van der Waals surface area contributed by atoms with Crippen LogP contribution in [0.25, 0.3) is 16.5 Å². The molecule has 0 fully saturated rings. The molecule has 0 radical (unpaired) electrons. The number of hydrogen-bond donors (Lipinski definition) is 1. The second kappa shape index (κ2) is 7.51. The molecule has 0 aliphatic carbocycles. The highest BCUT2D eigenvalue weighted by atomic mass is 19.1. The summed E-state index contributed by atoms with van der Waals surface area (Å²) in [6.07, 6.45) is 1.20. The van der Waals surface area contributed by atoms with Gasteiger partial charge in [0.1, 0.15) is 17.5 Å². The number of nitrogens with one attached hydrogen (secondary N) is 1. The van der Waals surface area contributed by atoms with E-state index in [0.717, 1.165) is 16.7 Å². The quantitative estimate of drug-likeness (QED) is 0.521. The van der Waals surface area contributed by atoms with Gasteiger partial charge in [-0.05, 0) is 42.8 Å². The van der Waals surface area contributed by atoms with Crippen molar-refractivity contribution in [2.75, 3.05) is 5.32 Å². The van der Waals surface area contributed by atoms with E-state index in [-0.39, 0.29) is 22.3 Å². The van der Waals surface area contributed by atoms with Gasteiger partial charge in [0.05, 0.1) is 11.3 Å². The molecule has 4 nitrogen and oxygen atoms in total. The van der Waals surface area contributed by atoms with Crippen molar-refractivity contribution in [2.24, 2.45) is 0 Å². The predicted molar refractivity (Wildman–Crippen MR) is 109 cm³/mol. The van der Waals surface area contributed by atoms with E-state index in [1.165, 1.54) is 30.5 Å². The van der Waals surface area contributed by atoms with Crippen LogP contribution in [0, 0.1) is 24.4 Å². The molecule has 1 heterocycles. The van der Waals surface area contributed by atoms with E-state index in [9.17, 15) is 22.8 Å². The minimum absolute atomic E-state index is 0.0811. The normalized spacial score (nSPS) is 10.9. The second-order valence-corrected chi connectivity index (χ2v) is 6.77. The fourth-order valence-electron chi connectivity index (χ4n) is 3.25. The number of anilines is 1. The van der Waals surface area contributed by atoms with Crippen LogP contribution in [-0.4, -0.2) is 10.5 Å². The highest BCUT2D eigenvalue weighted by Gasteiger charge is 2.18. The first-order chi connectivity index (χ1) is 14.3. The SMILES string of the molecule is Cc1ccc(F)cc1NC(=O)c1cn(-c2ccc(F)cc2F)c(=O)c2ccccc12. The monoisotopic (exact) mass is 408 g/mol. The molecule has 1 aromatic heterocycles. The molecule has 30 heavy (non-hydrogen) atoms. The first-order valence-corrected chi connectivity index (χ1v) is 9.02. The molecule has 150 valence electrons. The van der Waals surface area contributed by atoms with Crippen LogP contribution in [-0.2, 0) is 0 Å². The lowest BCUT2D eigenvalue weighted by Crippen LogP contribution is -2.23. The molecule has 0 aliphatic heterocycles. The lowest BCUT2D eigenvalue weighted by Gasteiger charge is -2.14. The highest BCUT2D eigenvalue weighted by molar-refractivity contribution is 6.12. The maximum Gasteiger partial charge on any atom is 0.263 e. The average Bonchev–Trinajstić information content (AvgIpc) is 2.72. The molecule has 4 rings (SSSR count). The van der Waals surface area contributed by atoms with Crippen LogP contribution in [0.2, 0.25) is 0 Å². The van der Waals surface area contributed by atoms with Gasteiger partial charge in [-0.25, -0.2) is 13.2 Å². The Labute approximate surface area is 169 Å². The van der Waals surface area contributed by atoms with E-state index in [4.69, 9.17) is 0 Å². The number of carbonyl (C=O) groups excluding carboxylic acids is 1. The van der Waals surface area contributed by atoms with Crippen LogP contribution in [0.5, 0.6) is 0 Å². The average molecular weight is 408 g/mol. The van der Waals surface area contributed by atoms with Gasteiger partial charge in [-0.2, -0.15) is 0 Å². The topological polar surface area (TPSA) is 51.1 Å². The molecule has 3 aromatic carbocycles. The van der Waals surface area contributed by atoms with Gasteiger partial charge in [0.15, 0.2) is 0 Å². The number of amides is 1. The van der Waals surface area contributed by atoms with Crippen LogP contribution in [0.15, 0.2) is 71.7 Å². The molecule has 7 heteroatoms. The third kappa shape index (κ3) is 3.45. The zero-order valence-corrected chi connectivity index (χ0v) is 15.7. The number of nitrogens with zero attached hydrogens (tertiary/aromatic N) is 1. The Morgan fingerprint density at radius 1 is 0.900 bits per heavy atom. The third-order valence-corrected chi connectivity index (χ3v) is 4.79. The number of aryl methyl sites for hydroxylation is 1. The molecule has 4 aromatic rings. The van der Waals surface area contributed by atoms with E-state index >= 15 is 0 Å². The number of benzene rings is 3. The number of rotatable bonds is 3. The van der Waals surface area contributed by atoms with Crippen LogP contribution < -0.4 is 10.9 Å². The fraction of sp³-hybridized carbons (Fsp3) is 0.0435. The van der Waals surface area contributed by atoms with Gasteiger partial charge in [-0.3, -0.25) is 14.2 Å². The van der Waals surface area contributed by atoms with Crippen LogP contribution in [0.4, 0.5) is 18.9 Å². The summed E-state index contributed by atoms with van der Waals surface area (Å²) in [5.74, 6) is -2.85. The molecule has 0 unspecified atom stereocenters. The van der Waals surface area contributed by atoms with Crippen molar-refractivity contribution < 1.29 is 18.0 Å². The molecule has 1 amide bonds. The van der Waals surface area contributed by atoms with E-state index in [1.807, 2.05) is 0 Å². The molecule has 1 N–H and O–H groups in total. The lowest BCUT2D eigenvalue weighted by molar-refractivity contribution is 0.102. The Bertz CT molecular complexity index is 1360. The van der Waals surface area contributed by atoms with Crippen molar-refractivity contribution >= 4 is 22.4 Å². The number of pyridine rings is 1. The van der Waals surface area contributed by atoms with Crippen molar-refractivity contribution in [2.45, 2.75) is 6.92 Å². The van der Waals surface area contributed by atoms with Crippen molar-refractivity contribution in [3.63, 3.8) is 0 Å². The number of halogens is 3. The predicted octanol–water partition coefficient (Wildman–Crippen LogP) is 4.97. The zero-order chi connectivity index (χ0) is 21.4. The van der Waals surface area contributed by atoms with E-state index in [1.54, 1.807) is 25.1 Å². The molecular formula is C23H15F3N2O2. The lowest BCUT2D eigenvalue weighted by atomic mass is 10.1. The Kier molecular flexibility index (Phi) is 4.87. The fourth-order valence-corrected chi connectivity index (χ4v) is 3.25. The number of fused-ring (bicyclic) bond motifs is 1. The summed E-state index contributed by atoms with van der Waals surface area (Å²) < 4.78 is 42.2. The van der Waals surface area contributed by atoms with Crippen molar-refractivity contribution in [3.05, 3.63) is 106 Å². The Morgan fingerprint density at radius 3 is 2.30 bits per heavy atom. The molecule has 0 aliphatic rings. The smallest absolute Gasteiger partial charge is 0.263 e. The summed E-state index contributed by atoms with van der Waals surface area (Å²) >= 11 is 0. The van der Waals surface area contributed by atoms with Gasteiger partial charge in [0, 0.05) is 28.7 Å². The van der Waals surface area contributed by atoms with Crippen molar-refractivity contribution in [3.8, 4) is 5.69 Å². The van der Waals surface area contributed by atoms with Gasteiger partial charge >= 0.3 is 0 Å². The first-order valence-electron chi connectivity index (χ1n) is 9.02. The summed E-state index contributed by atoms with van der Waals surface area (Å²) in [5, 5.41) is 3.17. The number of hydrogen-bond acceptors (Lipinski definition) is 2. The van der Waals surface area contributed by atoms with E-state index < -0.39 is 28.9 Å². The summed E-state index contributed by atoms with van der Waals surface area (Å²) in [7, 11) is 0. The zero-order valence-electron chi connectivity index (χ0n) is 15.7. The molecule has 0 spiro atoms. The largest absolute Gasteiger partial charge is 0.322 e. The molecule has 0 bridgehead atoms. The summed E-state index contributed by atoms with van der Waals surface area (Å²) in [5.41, 5.74) is 0.247. The van der Waals surface area contributed by atoms with Crippen molar-refractivity contribution in [1.82, 2.24) is 4.57 Å². The summed E-state index contributed by atoms with van der Waals surface area (Å²) in [6, 6.07) is 13.2. The molecule has 0 saturated carbocycles. The van der Waals surface area contributed by atoms with E-state index in [0.29, 0.717) is 17.0 Å². The Balaban J connectivity index is 1.91. The molecule has 0 atom stereocenters. The van der Waals surface area contributed by atoms with Gasteiger partial charge < -0.3 is 5.32 Å². The van der Waals surface area contributed by atoms with E-state index in [2.05, 4.69) is 5.32 Å². The minimum atomic E-state index is -0.945. The summed E-state index contributed by atoms with van der Waals surface area (Å²) in [6.45, 7) is 1.71. The standard InChI is InChI=1S/C23H15F3N2O2/c1-13-6-7-15(25)11-20(13)27-22(29)18-12-28(21-9-8-14(24)10-19(21)26)23(30)17-5-3-2-4-16(17)18/h2-12H,1H3,(H,27,29). The van der Waals surface area contributed by atoms with Crippen LogP contribution in [0.3, 0.4) is 0 Å². The van der Waals surface area contributed by atoms with Gasteiger partial charge in [0.2, 0.25) is 0 Å². The van der Waals surface area contributed by atoms with Gasteiger partial charge in [0.25, 0.3) is 11.5 Å². The third-order valence-electron chi connectivity index (χ3n) is 4.79. The van der Waals surface area contributed by atoms with Gasteiger partial charge in [-0.1, -0.05) is 24.3 Å². The molecular weight excluding hydrogens is 393 g/mol. The first kappa shape index (κ1) is 19.4. The number of carbonyl (C=O) groups is 1. The summed E-state index contributed by atoms with van der Waals surface area (Å²) in [4.78, 5) is 25.9. The second-order valence-electron chi connectivity index (χ2n) is 6.77. The Morgan fingerprint density at radius 2 is 1.57 bits per heavy atom. The maximum atomic E-state index is 14.4. The maximum absolute atomic E-state index is 14.4.